The van der Waals surface area contributed by atoms with Crippen LogP contribution in [0.1, 0.15) is 16.1 Å². The Balaban J connectivity index is 1.81. The number of rotatable bonds is 4. The number of fused-ring (bicyclic) bond motifs is 1. The van der Waals surface area contributed by atoms with Gasteiger partial charge in [0, 0.05) is 18.0 Å². The number of amides is 1. The summed E-state index contributed by atoms with van der Waals surface area (Å²) in [6.07, 6.45) is 0. The van der Waals surface area contributed by atoms with Crippen molar-refractivity contribution in [1.82, 2.24) is 10.3 Å². The van der Waals surface area contributed by atoms with E-state index in [9.17, 15) is 9.18 Å². The van der Waals surface area contributed by atoms with Gasteiger partial charge in [-0.1, -0.05) is 24.3 Å². The number of carbonyl (C=O) groups excluding carboxylic acids is 1. The normalized spacial score (nSPS) is 10.5. The monoisotopic (exact) mass is 310 g/mol. The molecule has 0 aliphatic heterocycles. The molecule has 0 saturated carbocycles. The van der Waals surface area contributed by atoms with Gasteiger partial charge in [-0.25, -0.2) is 9.37 Å². The van der Waals surface area contributed by atoms with Crippen molar-refractivity contribution in [3.05, 3.63) is 71.7 Å². The maximum Gasteiger partial charge on any atom is 0.270 e. The molecule has 1 heterocycles. The van der Waals surface area contributed by atoms with E-state index in [0.717, 1.165) is 10.9 Å². The van der Waals surface area contributed by atoms with E-state index in [2.05, 4.69) is 10.3 Å². The van der Waals surface area contributed by atoms with Crippen LogP contribution < -0.4 is 10.1 Å². The van der Waals surface area contributed by atoms with Crippen LogP contribution in [0.3, 0.4) is 0 Å². The zero-order valence-electron chi connectivity index (χ0n) is 12.5. The van der Waals surface area contributed by atoms with E-state index in [1.165, 1.54) is 12.1 Å². The molecule has 0 aliphatic carbocycles. The first-order chi connectivity index (χ1) is 11.2. The van der Waals surface area contributed by atoms with Gasteiger partial charge in [0.25, 0.3) is 5.91 Å². The molecule has 23 heavy (non-hydrogen) atoms. The minimum absolute atomic E-state index is 0.280. The molecule has 2 aromatic carbocycles. The summed E-state index contributed by atoms with van der Waals surface area (Å²) in [7, 11) is 1.56. The van der Waals surface area contributed by atoms with Crippen LogP contribution >= 0.6 is 0 Å². The summed E-state index contributed by atoms with van der Waals surface area (Å²) in [4.78, 5) is 16.7. The third-order valence-corrected chi connectivity index (χ3v) is 3.50. The highest BCUT2D eigenvalue weighted by Gasteiger charge is 2.12. The summed E-state index contributed by atoms with van der Waals surface area (Å²) < 4.78 is 18.2. The topological polar surface area (TPSA) is 51.2 Å². The lowest BCUT2D eigenvalue weighted by Gasteiger charge is -2.09. The van der Waals surface area contributed by atoms with E-state index < -0.39 is 0 Å². The second-order valence-corrected chi connectivity index (χ2v) is 5.04. The molecule has 5 heteroatoms. The Bertz CT molecular complexity index is 847. The lowest BCUT2D eigenvalue weighted by Crippen LogP contribution is -2.23. The van der Waals surface area contributed by atoms with E-state index >= 15 is 0 Å². The first-order valence-corrected chi connectivity index (χ1v) is 7.14. The van der Waals surface area contributed by atoms with Gasteiger partial charge in [0.05, 0.1) is 12.6 Å². The highest BCUT2D eigenvalue weighted by atomic mass is 19.1. The molecule has 1 N–H and O–H groups in total. The zero-order chi connectivity index (χ0) is 16.2. The highest BCUT2D eigenvalue weighted by molar-refractivity contribution is 5.96. The van der Waals surface area contributed by atoms with Gasteiger partial charge in [0.1, 0.15) is 17.3 Å². The van der Waals surface area contributed by atoms with Crippen LogP contribution in [0.5, 0.6) is 5.75 Å². The summed E-state index contributed by atoms with van der Waals surface area (Å²) in [5.41, 5.74) is 1.79. The SMILES string of the molecule is COc1cc(C(=O)NCc2ccc(F)cc2)nc2ccccc12. The Hall–Kier alpha value is -2.95. The number of para-hydroxylation sites is 1. The molecule has 4 nitrogen and oxygen atoms in total. The van der Waals surface area contributed by atoms with E-state index in [4.69, 9.17) is 4.74 Å². The van der Waals surface area contributed by atoms with Crippen molar-refractivity contribution in [2.24, 2.45) is 0 Å². The largest absolute Gasteiger partial charge is 0.496 e. The minimum Gasteiger partial charge on any atom is -0.496 e. The van der Waals surface area contributed by atoms with Crippen LogP contribution in [0.2, 0.25) is 0 Å². The average Bonchev–Trinajstić information content (AvgIpc) is 2.60. The Kier molecular flexibility index (Phi) is 4.19. The first kappa shape index (κ1) is 15.0. The number of benzene rings is 2. The molecule has 1 aromatic heterocycles. The predicted molar refractivity (Wildman–Crippen MR) is 85.9 cm³/mol. The number of pyridine rings is 1. The molecule has 0 unspecified atom stereocenters. The van der Waals surface area contributed by atoms with Gasteiger partial charge in [0.15, 0.2) is 0 Å². The van der Waals surface area contributed by atoms with Gasteiger partial charge in [0.2, 0.25) is 0 Å². The molecule has 0 spiro atoms. The van der Waals surface area contributed by atoms with E-state index in [1.807, 2.05) is 24.3 Å². The number of nitrogens with one attached hydrogen (secondary N) is 1. The van der Waals surface area contributed by atoms with E-state index in [1.54, 1.807) is 25.3 Å². The summed E-state index contributed by atoms with van der Waals surface area (Å²) in [5, 5.41) is 3.62. The predicted octanol–water partition coefficient (Wildman–Crippen LogP) is 3.31. The third-order valence-electron chi connectivity index (χ3n) is 3.50. The Morgan fingerprint density at radius 1 is 1.17 bits per heavy atom. The standard InChI is InChI=1S/C18H15FN2O2/c1-23-17-10-16(21-15-5-3-2-4-14(15)17)18(22)20-11-12-6-8-13(19)9-7-12/h2-10H,11H2,1H3,(H,20,22). The molecule has 0 fully saturated rings. The molecule has 1 amide bonds. The molecule has 116 valence electrons. The van der Waals surface area contributed by atoms with Crippen molar-refractivity contribution in [3.63, 3.8) is 0 Å². The van der Waals surface area contributed by atoms with E-state index in [-0.39, 0.29) is 17.4 Å². The summed E-state index contributed by atoms with van der Waals surface area (Å²) in [6, 6.07) is 15.1. The molecule has 0 aliphatic rings. The summed E-state index contributed by atoms with van der Waals surface area (Å²) >= 11 is 0. The zero-order valence-corrected chi connectivity index (χ0v) is 12.5. The molecule has 0 saturated heterocycles. The number of hydrogen-bond acceptors (Lipinski definition) is 3. The fraction of sp³-hybridized carbons (Fsp3) is 0.111. The maximum atomic E-state index is 12.9. The number of ether oxygens (including phenoxy) is 1. The van der Waals surface area contributed by atoms with Crippen LogP contribution in [-0.2, 0) is 6.54 Å². The molecule has 3 aromatic rings. The lowest BCUT2D eigenvalue weighted by molar-refractivity contribution is 0.0946. The molecular formula is C18H15FN2O2. The third kappa shape index (κ3) is 3.29. The van der Waals surface area contributed by atoms with Crippen LogP contribution in [-0.4, -0.2) is 18.0 Å². The Morgan fingerprint density at radius 3 is 2.65 bits per heavy atom. The van der Waals surface area contributed by atoms with Crippen molar-refractivity contribution in [2.45, 2.75) is 6.54 Å². The van der Waals surface area contributed by atoms with Crippen molar-refractivity contribution >= 4 is 16.8 Å². The number of hydrogen-bond donors (Lipinski definition) is 1. The van der Waals surface area contributed by atoms with Crippen LogP contribution in [0, 0.1) is 5.82 Å². The van der Waals surface area contributed by atoms with Crippen molar-refractivity contribution in [1.29, 1.82) is 0 Å². The lowest BCUT2D eigenvalue weighted by atomic mass is 10.1. The minimum atomic E-state index is -0.307. The quantitative estimate of drug-likeness (QED) is 0.804. The van der Waals surface area contributed by atoms with Crippen molar-refractivity contribution < 1.29 is 13.9 Å². The number of carbonyl (C=O) groups is 1. The average molecular weight is 310 g/mol. The summed E-state index contributed by atoms with van der Waals surface area (Å²) in [6.45, 7) is 0.302. The molecule has 0 atom stereocenters. The Morgan fingerprint density at radius 2 is 1.91 bits per heavy atom. The first-order valence-electron chi connectivity index (χ1n) is 7.14. The van der Waals surface area contributed by atoms with Gasteiger partial charge in [-0.05, 0) is 29.8 Å². The van der Waals surface area contributed by atoms with Gasteiger partial charge >= 0.3 is 0 Å². The fourth-order valence-electron chi connectivity index (χ4n) is 2.30. The smallest absolute Gasteiger partial charge is 0.270 e. The second-order valence-electron chi connectivity index (χ2n) is 5.04. The number of aromatic nitrogens is 1. The number of methoxy groups -OCH3 is 1. The summed E-state index contributed by atoms with van der Waals surface area (Å²) in [5.74, 6) is -0.0121. The van der Waals surface area contributed by atoms with Gasteiger partial charge in [-0.2, -0.15) is 0 Å². The second kappa shape index (κ2) is 6.44. The van der Waals surface area contributed by atoms with Gasteiger partial charge in [-0.15, -0.1) is 0 Å². The fourth-order valence-corrected chi connectivity index (χ4v) is 2.30. The maximum absolute atomic E-state index is 12.9. The van der Waals surface area contributed by atoms with E-state index in [0.29, 0.717) is 17.8 Å². The highest BCUT2D eigenvalue weighted by Crippen LogP contribution is 2.24. The van der Waals surface area contributed by atoms with Gasteiger partial charge < -0.3 is 10.1 Å². The van der Waals surface area contributed by atoms with Crippen molar-refractivity contribution in [3.8, 4) is 5.75 Å². The van der Waals surface area contributed by atoms with Crippen LogP contribution in [0.25, 0.3) is 10.9 Å². The molecular weight excluding hydrogens is 295 g/mol. The molecule has 0 radical (unpaired) electrons. The number of nitrogens with zero attached hydrogens (tertiary/aromatic N) is 1. The van der Waals surface area contributed by atoms with Gasteiger partial charge in [-0.3, -0.25) is 4.79 Å². The molecule has 0 bridgehead atoms. The van der Waals surface area contributed by atoms with Crippen molar-refractivity contribution in [2.75, 3.05) is 7.11 Å². The van der Waals surface area contributed by atoms with Crippen LogP contribution in [0.15, 0.2) is 54.6 Å². The van der Waals surface area contributed by atoms with Crippen LogP contribution in [0.4, 0.5) is 4.39 Å². The molecule has 3 rings (SSSR count). The Labute approximate surface area is 132 Å². The number of halogens is 1.